The summed E-state index contributed by atoms with van der Waals surface area (Å²) in [5.74, 6) is -0.447. The number of pyridine rings is 1. The lowest BCUT2D eigenvalue weighted by Crippen LogP contribution is -2.35. The van der Waals surface area contributed by atoms with E-state index in [-0.39, 0.29) is 5.88 Å². The smallest absolute Gasteiger partial charge is 0.296 e. The summed E-state index contributed by atoms with van der Waals surface area (Å²) in [5.41, 5.74) is 2.22. The number of azo groups is 1. The monoisotopic (exact) mass is 431 g/mol. The van der Waals surface area contributed by atoms with E-state index in [1.807, 2.05) is 28.8 Å². The number of aromatic hydroxyl groups is 1. The van der Waals surface area contributed by atoms with Crippen LogP contribution in [0.5, 0.6) is 5.88 Å². The molecule has 1 aliphatic carbocycles. The van der Waals surface area contributed by atoms with Crippen molar-refractivity contribution in [3.8, 4) is 5.88 Å². The molecule has 0 spiro atoms. The molecule has 3 heterocycles. The molecule has 1 aliphatic heterocycles. The molecule has 1 N–H and O–H groups in total. The minimum absolute atomic E-state index is 0.0415. The number of nitrogens with zero attached hydrogens (tertiary/aromatic N) is 5. The Morgan fingerprint density at radius 2 is 2.00 bits per heavy atom. The summed E-state index contributed by atoms with van der Waals surface area (Å²) in [6, 6.07) is 11.6. The Morgan fingerprint density at radius 3 is 2.78 bits per heavy atom. The van der Waals surface area contributed by atoms with Gasteiger partial charge in [0, 0.05) is 30.4 Å². The van der Waals surface area contributed by atoms with E-state index < -0.39 is 5.91 Å². The van der Waals surface area contributed by atoms with Crippen LogP contribution in [0.4, 0.5) is 5.69 Å². The SMILES string of the molecule is CC1(C)C[C@@H]2C[C@@](C)(CN2Cn2c(O)c(N=NC(=O)c3cccnc3)c3ccccc32)C1. The molecule has 2 bridgehead atoms. The van der Waals surface area contributed by atoms with Crippen LogP contribution in [-0.2, 0) is 6.67 Å². The van der Waals surface area contributed by atoms with Gasteiger partial charge in [0.25, 0.3) is 5.91 Å². The molecule has 2 atom stereocenters. The van der Waals surface area contributed by atoms with Gasteiger partial charge in [0.2, 0.25) is 5.88 Å². The molecule has 1 saturated carbocycles. The fourth-order valence-electron chi connectivity index (χ4n) is 6.08. The van der Waals surface area contributed by atoms with Gasteiger partial charge in [-0.3, -0.25) is 19.2 Å². The van der Waals surface area contributed by atoms with E-state index in [1.54, 1.807) is 18.3 Å². The summed E-state index contributed by atoms with van der Waals surface area (Å²) >= 11 is 0. The molecular weight excluding hydrogens is 402 g/mol. The number of hydrogen-bond donors (Lipinski definition) is 1. The summed E-state index contributed by atoms with van der Waals surface area (Å²) < 4.78 is 1.90. The Balaban J connectivity index is 1.47. The van der Waals surface area contributed by atoms with Gasteiger partial charge in [-0.25, -0.2) is 0 Å². The van der Waals surface area contributed by atoms with Crippen LogP contribution >= 0.6 is 0 Å². The van der Waals surface area contributed by atoms with Gasteiger partial charge < -0.3 is 5.11 Å². The van der Waals surface area contributed by atoms with Gasteiger partial charge in [-0.15, -0.1) is 10.2 Å². The topological polar surface area (TPSA) is 83.1 Å². The summed E-state index contributed by atoms with van der Waals surface area (Å²) in [6.07, 6.45) is 6.64. The number of likely N-dealkylation sites (tertiary alicyclic amines) is 1. The summed E-state index contributed by atoms with van der Waals surface area (Å²) in [4.78, 5) is 18.8. The largest absolute Gasteiger partial charge is 0.493 e. The first-order chi connectivity index (χ1) is 15.2. The Labute approximate surface area is 187 Å². The van der Waals surface area contributed by atoms with Gasteiger partial charge in [0.15, 0.2) is 5.69 Å². The van der Waals surface area contributed by atoms with E-state index in [9.17, 15) is 9.90 Å². The highest BCUT2D eigenvalue weighted by molar-refractivity contribution is 5.97. The van der Waals surface area contributed by atoms with Crippen molar-refractivity contribution >= 4 is 22.5 Å². The van der Waals surface area contributed by atoms with Crippen molar-refractivity contribution in [2.45, 2.75) is 52.7 Å². The molecule has 7 heteroatoms. The maximum atomic E-state index is 12.4. The number of para-hydroxylation sites is 1. The number of aromatic nitrogens is 2. The molecule has 0 radical (unpaired) electrons. The summed E-state index contributed by atoms with van der Waals surface area (Å²) in [5, 5.41) is 19.9. The molecule has 2 aromatic heterocycles. The summed E-state index contributed by atoms with van der Waals surface area (Å²) in [7, 11) is 0. The van der Waals surface area contributed by atoms with Crippen molar-refractivity contribution in [3.63, 3.8) is 0 Å². The van der Waals surface area contributed by atoms with E-state index >= 15 is 0 Å². The van der Waals surface area contributed by atoms with Gasteiger partial charge in [-0.05, 0) is 48.3 Å². The third kappa shape index (κ3) is 3.71. The number of benzene rings is 1. The van der Waals surface area contributed by atoms with Gasteiger partial charge in [0.1, 0.15) is 0 Å². The first-order valence-corrected chi connectivity index (χ1v) is 11.2. The quantitative estimate of drug-likeness (QED) is 0.551. The summed E-state index contributed by atoms with van der Waals surface area (Å²) in [6.45, 7) is 8.72. The van der Waals surface area contributed by atoms with Crippen LogP contribution in [0.3, 0.4) is 0 Å². The van der Waals surface area contributed by atoms with E-state index in [0.717, 1.165) is 23.9 Å². The predicted octanol–water partition coefficient (Wildman–Crippen LogP) is 5.52. The Kier molecular flexibility index (Phi) is 4.89. The molecule has 2 fully saturated rings. The Hall–Kier alpha value is -3.06. The van der Waals surface area contributed by atoms with E-state index in [2.05, 4.69) is 40.9 Å². The average Bonchev–Trinajstić information content (AvgIpc) is 3.15. The molecule has 7 nitrogen and oxygen atoms in total. The zero-order valence-corrected chi connectivity index (χ0v) is 18.8. The third-order valence-electron chi connectivity index (χ3n) is 6.91. The van der Waals surface area contributed by atoms with Crippen LogP contribution in [0.2, 0.25) is 0 Å². The van der Waals surface area contributed by atoms with E-state index in [1.165, 1.54) is 19.0 Å². The molecule has 2 aliphatic rings. The number of carbonyl (C=O) groups is 1. The van der Waals surface area contributed by atoms with Crippen molar-refractivity contribution in [1.82, 2.24) is 14.5 Å². The first kappa shape index (κ1) is 20.8. The lowest BCUT2D eigenvalue weighted by atomic mass is 9.65. The molecule has 32 heavy (non-hydrogen) atoms. The van der Waals surface area contributed by atoms with Crippen molar-refractivity contribution < 1.29 is 9.90 Å². The van der Waals surface area contributed by atoms with E-state index in [0.29, 0.717) is 34.8 Å². The highest BCUT2D eigenvalue weighted by atomic mass is 16.3. The second-order valence-electron chi connectivity index (χ2n) is 10.5. The normalized spacial score (nSPS) is 25.0. The Bertz CT molecular complexity index is 1200. The van der Waals surface area contributed by atoms with Crippen LogP contribution in [0.25, 0.3) is 10.9 Å². The number of rotatable bonds is 4. The average molecular weight is 432 g/mol. The van der Waals surface area contributed by atoms with Gasteiger partial charge >= 0.3 is 0 Å². The predicted molar refractivity (Wildman–Crippen MR) is 123 cm³/mol. The fraction of sp³-hybridized carbons (Fsp3) is 0.440. The molecular formula is C25H29N5O2. The first-order valence-electron chi connectivity index (χ1n) is 11.2. The van der Waals surface area contributed by atoms with Gasteiger partial charge in [-0.1, -0.05) is 39.0 Å². The van der Waals surface area contributed by atoms with Crippen LogP contribution < -0.4 is 0 Å². The van der Waals surface area contributed by atoms with E-state index in [4.69, 9.17) is 0 Å². The maximum absolute atomic E-state index is 12.4. The number of hydrogen-bond acceptors (Lipinski definition) is 5. The second kappa shape index (κ2) is 7.52. The zero-order chi connectivity index (χ0) is 22.5. The highest BCUT2D eigenvalue weighted by Gasteiger charge is 2.49. The minimum Gasteiger partial charge on any atom is -0.493 e. The minimum atomic E-state index is -0.488. The number of carbonyl (C=O) groups excluding carboxylic acids is 1. The molecule has 1 aromatic carbocycles. The molecule has 3 aromatic rings. The van der Waals surface area contributed by atoms with Crippen LogP contribution in [0.1, 0.15) is 50.4 Å². The van der Waals surface area contributed by atoms with Crippen LogP contribution in [0.15, 0.2) is 59.0 Å². The maximum Gasteiger partial charge on any atom is 0.296 e. The van der Waals surface area contributed by atoms with Crippen LogP contribution in [0, 0.1) is 10.8 Å². The Morgan fingerprint density at radius 1 is 1.19 bits per heavy atom. The zero-order valence-electron chi connectivity index (χ0n) is 18.8. The second-order valence-corrected chi connectivity index (χ2v) is 10.5. The standard InChI is InChI=1S/C25H29N5O2/c1-24(2)11-18-12-25(3,14-24)15-29(18)16-30-20-9-5-4-8-19(20)21(23(30)32)27-28-22(31)17-7-6-10-26-13-17/h4-10,13,18,32H,11-12,14-16H2,1-3H3/t18-,25-/m1/s1. The molecule has 0 unspecified atom stereocenters. The lowest BCUT2D eigenvalue weighted by molar-refractivity contribution is 0.0994. The molecule has 1 amide bonds. The molecule has 1 saturated heterocycles. The van der Waals surface area contributed by atoms with Crippen molar-refractivity contribution in [1.29, 1.82) is 0 Å². The van der Waals surface area contributed by atoms with Crippen molar-refractivity contribution in [2.75, 3.05) is 6.54 Å². The molecule has 5 rings (SSSR count). The fourth-order valence-corrected chi connectivity index (χ4v) is 6.08. The van der Waals surface area contributed by atoms with Gasteiger partial charge in [-0.2, -0.15) is 0 Å². The van der Waals surface area contributed by atoms with Gasteiger partial charge in [0.05, 0.1) is 17.7 Å². The number of amides is 1. The molecule has 166 valence electrons. The highest BCUT2D eigenvalue weighted by Crippen LogP contribution is 2.53. The van der Waals surface area contributed by atoms with Crippen molar-refractivity contribution in [2.24, 2.45) is 21.1 Å². The van der Waals surface area contributed by atoms with Crippen LogP contribution in [-0.4, -0.2) is 38.1 Å². The third-order valence-corrected chi connectivity index (χ3v) is 6.91. The lowest BCUT2D eigenvalue weighted by Gasteiger charge is -2.40. The number of fused-ring (bicyclic) bond motifs is 3. The van der Waals surface area contributed by atoms with Crippen molar-refractivity contribution in [3.05, 3.63) is 54.4 Å².